The fraction of sp³-hybridized carbons (Fsp3) is 0.889. The molecule has 0 saturated heterocycles. The summed E-state index contributed by atoms with van der Waals surface area (Å²) in [6, 6.07) is 0. The third-order valence-electron chi connectivity index (χ3n) is 1.61. The van der Waals surface area contributed by atoms with Gasteiger partial charge in [-0.1, -0.05) is 13.8 Å². The number of hydrogen-bond donors (Lipinski definition) is 0. The van der Waals surface area contributed by atoms with Crippen LogP contribution in [0.2, 0.25) is 0 Å². The van der Waals surface area contributed by atoms with Gasteiger partial charge in [0.15, 0.2) is 0 Å². The molecular formula is C9H19LiO. The maximum atomic E-state index is 5.58. The van der Waals surface area contributed by atoms with Crippen LogP contribution in [0.1, 0.15) is 34.1 Å². The van der Waals surface area contributed by atoms with E-state index >= 15 is 0 Å². The summed E-state index contributed by atoms with van der Waals surface area (Å²) in [6.45, 7) is 13.0. The van der Waals surface area contributed by atoms with Gasteiger partial charge in [0.1, 0.15) is 0 Å². The van der Waals surface area contributed by atoms with Crippen molar-refractivity contribution in [3.63, 3.8) is 0 Å². The molecule has 0 N–H and O–H groups in total. The van der Waals surface area contributed by atoms with Crippen LogP contribution < -0.4 is 18.9 Å². The zero-order valence-corrected chi connectivity index (χ0v) is 8.61. The Bertz CT molecular complexity index is 89.6. The zero-order valence-electron chi connectivity index (χ0n) is 8.61. The minimum atomic E-state index is 0. The minimum absolute atomic E-state index is 0. The maximum absolute atomic E-state index is 5.58. The molecule has 0 amide bonds. The van der Waals surface area contributed by atoms with Gasteiger partial charge in [0, 0.05) is 6.61 Å². The fourth-order valence-corrected chi connectivity index (χ4v) is 0.470. The molecule has 0 aromatic heterocycles. The second kappa shape index (κ2) is 6.12. The Balaban J connectivity index is 0. The van der Waals surface area contributed by atoms with E-state index < -0.39 is 0 Å². The molecule has 0 saturated carbocycles. The first kappa shape index (κ1) is 14.1. The molecular weight excluding hydrogens is 131 g/mol. The SMILES string of the molecule is [CH2-]C(C)COC(C)(C)CC.[Li+]. The Morgan fingerprint density at radius 3 is 2.18 bits per heavy atom. The van der Waals surface area contributed by atoms with Crippen molar-refractivity contribution in [1.29, 1.82) is 0 Å². The van der Waals surface area contributed by atoms with Gasteiger partial charge in [-0.05, 0) is 20.3 Å². The van der Waals surface area contributed by atoms with Crippen LogP contribution in [-0.2, 0) is 4.74 Å². The van der Waals surface area contributed by atoms with Gasteiger partial charge < -0.3 is 11.7 Å². The van der Waals surface area contributed by atoms with E-state index in [2.05, 4.69) is 34.6 Å². The molecule has 2 heteroatoms. The first-order valence-corrected chi connectivity index (χ1v) is 3.95. The first-order chi connectivity index (χ1) is 4.48. The Labute approximate surface area is 83.1 Å². The molecule has 11 heavy (non-hydrogen) atoms. The van der Waals surface area contributed by atoms with Gasteiger partial charge in [0.05, 0.1) is 5.60 Å². The normalized spacial score (nSPS) is 13.9. The Morgan fingerprint density at radius 1 is 1.45 bits per heavy atom. The summed E-state index contributed by atoms with van der Waals surface area (Å²) in [5, 5.41) is 0. The van der Waals surface area contributed by atoms with Crippen molar-refractivity contribution in [2.45, 2.75) is 39.7 Å². The largest absolute Gasteiger partial charge is 1.00 e. The molecule has 62 valence electrons. The molecule has 0 fully saturated rings. The van der Waals surface area contributed by atoms with Gasteiger partial charge in [0.25, 0.3) is 0 Å². The zero-order chi connectivity index (χ0) is 8.20. The first-order valence-electron chi connectivity index (χ1n) is 3.95. The van der Waals surface area contributed by atoms with Crippen LogP contribution in [0.4, 0.5) is 0 Å². The topological polar surface area (TPSA) is 9.23 Å². The summed E-state index contributed by atoms with van der Waals surface area (Å²) in [4.78, 5) is 0. The molecule has 0 radical (unpaired) electrons. The molecule has 1 atom stereocenters. The third kappa shape index (κ3) is 8.46. The van der Waals surface area contributed by atoms with Crippen molar-refractivity contribution in [3.05, 3.63) is 6.92 Å². The smallest absolute Gasteiger partial charge is 0.378 e. The van der Waals surface area contributed by atoms with Gasteiger partial charge in [-0.2, -0.15) is 0 Å². The van der Waals surface area contributed by atoms with Crippen LogP contribution in [0.15, 0.2) is 0 Å². The van der Waals surface area contributed by atoms with Gasteiger partial charge in [-0.25, -0.2) is 0 Å². The minimum Gasteiger partial charge on any atom is -0.378 e. The van der Waals surface area contributed by atoms with Crippen LogP contribution in [-0.4, -0.2) is 12.2 Å². The summed E-state index contributed by atoms with van der Waals surface area (Å²) in [6.07, 6.45) is 1.06. The summed E-state index contributed by atoms with van der Waals surface area (Å²) in [5.74, 6) is 0.394. The van der Waals surface area contributed by atoms with E-state index in [0.717, 1.165) is 13.0 Å². The molecule has 1 unspecified atom stereocenters. The second-order valence-corrected chi connectivity index (χ2v) is 3.53. The molecule has 0 bridgehead atoms. The van der Waals surface area contributed by atoms with E-state index in [1.165, 1.54) is 0 Å². The molecule has 0 aromatic rings. The summed E-state index contributed by atoms with van der Waals surface area (Å²) >= 11 is 0. The van der Waals surface area contributed by atoms with Gasteiger partial charge in [-0.15, -0.1) is 5.92 Å². The van der Waals surface area contributed by atoms with Crippen LogP contribution in [0.5, 0.6) is 0 Å². The van der Waals surface area contributed by atoms with Gasteiger partial charge in [0.2, 0.25) is 0 Å². The molecule has 0 aliphatic rings. The van der Waals surface area contributed by atoms with Crippen LogP contribution in [0.25, 0.3) is 0 Å². The summed E-state index contributed by atoms with van der Waals surface area (Å²) in [5.41, 5.74) is 0.0337. The Kier molecular flexibility index (Phi) is 7.84. The molecule has 0 rings (SSSR count). The van der Waals surface area contributed by atoms with Crippen molar-refractivity contribution >= 4 is 0 Å². The predicted octanol–water partition coefficient (Wildman–Crippen LogP) is -0.334. The average molecular weight is 150 g/mol. The van der Waals surface area contributed by atoms with E-state index in [1.807, 2.05) is 0 Å². The van der Waals surface area contributed by atoms with Crippen molar-refractivity contribution in [2.75, 3.05) is 6.61 Å². The van der Waals surface area contributed by atoms with Crippen molar-refractivity contribution in [1.82, 2.24) is 0 Å². The number of rotatable bonds is 4. The predicted molar refractivity (Wildman–Crippen MR) is 44.8 cm³/mol. The van der Waals surface area contributed by atoms with E-state index in [1.54, 1.807) is 0 Å². The summed E-state index contributed by atoms with van der Waals surface area (Å²) in [7, 11) is 0. The van der Waals surface area contributed by atoms with E-state index in [9.17, 15) is 0 Å². The van der Waals surface area contributed by atoms with Crippen LogP contribution >= 0.6 is 0 Å². The fourth-order valence-electron chi connectivity index (χ4n) is 0.470. The van der Waals surface area contributed by atoms with E-state index in [4.69, 9.17) is 4.74 Å². The van der Waals surface area contributed by atoms with Crippen LogP contribution in [0, 0.1) is 12.8 Å². The molecule has 0 aromatic carbocycles. The monoisotopic (exact) mass is 150 g/mol. The van der Waals surface area contributed by atoms with E-state index in [0.29, 0.717) is 5.92 Å². The molecule has 0 heterocycles. The second-order valence-electron chi connectivity index (χ2n) is 3.53. The van der Waals surface area contributed by atoms with Crippen molar-refractivity contribution in [2.24, 2.45) is 5.92 Å². The molecule has 0 aliphatic carbocycles. The number of hydrogen-bond acceptors (Lipinski definition) is 1. The van der Waals surface area contributed by atoms with Crippen molar-refractivity contribution in [3.8, 4) is 0 Å². The van der Waals surface area contributed by atoms with Gasteiger partial charge >= 0.3 is 18.9 Å². The van der Waals surface area contributed by atoms with Crippen molar-refractivity contribution < 1.29 is 23.6 Å². The number of ether oxygens (including phenoxy) is 1. The van der Waals surface area contributed by atoms with E-state index in [-0.39, 0.29) is 24.5 Å². The Hall–Kier alpha value is 0.557. The third-order valence-corrected chi connectivity index (χ3v) is 1.61. The summed E-state index contributed by atoms with van der Waals surface area (Å²) < 4.78 is 5.58. The quantitative estimate of drug-likeness (QED) is 0.394. The maximum Gasteiger partial charge on any atom is 1.00 e. The average Bonchev–Trinajstić information content (AvgIpc) is 1.85. The standard InChI is InChI=1S/C9H19O.Li/c1-6-9(4,5)10-7-8(2)3;/h8H,2,6-7H2,1,3-5H3;/q-1;+1. The molecule has 0 aliphatic heterocycles. The Morgan fingerprint density at radius 2 is 1.91 bits per heavy atom. The molecule has 1 nitrogen and oxygen atoms in total. The van der Waals surface area contributed by atoms with Crippen LogP contribution in [0.3, 0.4) is 0 Å². The molecule has 0 spiro atoms. The van der Waals surface area contributed by atoms with Gasteiger partial charge in [-0.3, -0.25) is 0 Å².